The molecule has 2 nitrogen and oxygen atoms in total. The minimum absolute atomic E-state index is 0.724. The van der Waals surface area contributed by atoms with Crippen LogP contribution in [-0.2, 0) is 0 Å². The number of hydrogen-bond acceptors (Lipinski definition) is 2. The average Bonchev–Trinajstić information content (AvgIpc) is 2.31. The molecule has 1 aromatic rings. The molecule has 0 unspecified atom stereocenters. The van der Waals surface area contributed by atoms with Gasteiger partial charge < -0.3 is 9.64 Å². The Kier molecular flexibility index (Phi) is 5.79. The zero-order valence-electron chi connectivity index (χ0n) is 11.2. The van der Waals surface area contributed by atoms with Gasteiger partial charge in [-0.1, -0.05) is 25.4 Å². The van der Waals surface area contributed by atoms with Crippen molar-refractivity contribution in [2.24, 2.45) is 0 Å². The summed E-state index contributed by atoms with van der Waals surface area (Å²) in [7, 11) is 0. The molecule has 0 aliphatic heterocycles. The fourth-order valence-electron chi connectivity index (χ4n) is 1.82. The van der Waals surface area contributed by atoms with E-state index in [1.807, 2.05) is 26.0 Å². The lowest BCUT2D eigenvalue weighted by molar-refractivity contribution is 0.222. The van der Waals surface area contributed by atoms with Gasteiger partial charge in [0.05, 0.1) is 0 Å². The van der Waals surface area contributed by atoms with E-state index < -0.39 is 0 Å². The van der Waals surface area contributed by atoms with Crippen molar-refractivity contribution in [3.8, 4) is 5.75 Å². The summed E-state index contributed by atoms with van der Waals surface area (Å²) in [4.78, 5) is 2.34. The van der Waals surface area contributed by atoms with Gasteiger partial charge in [-0.05, 0) is 50.2 Å². The quantitative estimate of drug-likeness (QED) is 0.769. The van der Waals surface area contributed by atoms with Gasteiger partial charge in [0.25, 0.3) is 0 Å². The first-order valence-corrected chi connectivity index (χ1v) is 6.58. The predicted octanol–water partition coefficient (Wildman–Crippen LogP) is 3.68. The van der Waals surface area contributed by atoms with Crippen LogP contribution in [0, 0.1) is 13.8 Å². The van der Waals surface area contributed by atoms with Crippen molar-refractivity contribution in [1.82, 2.24) is 4.90 Å². The number of halogens is 1. The molecule has 17 heavy (non-hydrogen) atoms. The van der Waals surface area contributed by atoms with Crippen LogP contribution in [0.25, 0.3) is 0 Å². The van der Waals surface area contributed by atoms with Crippen LogP contribution in [0.4, 0.5) is 0 Å². The third-order valence-corrected chi connectivity index (χ3v) is 3.58. The van der Waals surface area contributed by atoms with E-state index in [4.69, 9.17) is 16.3 Å². The summed E-state index contributed by atoms with van der Waals surface area (Å²) in [5, 5.41) is 0.834. The summed E-state index contributed by atoms with van der Waals surface area (Å²) in [6.45, 7) is 12.2. The third kappa shape index (κ3) is 4.21. The van der Waals surface area contributed by atoms with Crippen LogP contribution in [0.2, 0.25) is 5.02 Å². The fraction of sp³-hybridized carbons (Fsp3) is 0.571. The maximum atomic E-state index is 6.12. The number of aryl methyl sites for hydroxylation is 2. The lowest BCUT2D eigenvalue weighted by Crippen LogP contribution is -2.27. The molecule has 0 N–H and O–H groups in total. The van der Waals surface area contributed by atoms with E-state index >= 15 is 0 Å². The van der Waals surface area contributed by atoms with Crippen molar-refractivity contribution in [3.63, 3.8) is 0 Å². The van der Waals surface area contributed by atoms with Crippen LogP contribution < -0.4 is 4.74 Å². The Labute approximate surface area is 110 Å². The Hall–Kier alpha value is -0.730. The maximum absolute atomic E-state index is 6.12. The lowest BCUT2D eigenvalue weighted by Gasteiger charge is -2.18. The SMILES string of the molecule is CCN(CC)CCOc1cc(C)c(Cl)c(C)c1. The first-order valence-electron chi connectivity index (χ1n) is 6.20. The highest BCUT2D eigenvalue weighted by Crippen LogP contribution is 2.25. The van der Waals surface area contributed by atoms with Crippen LogP contribution in [0.15, 0.2) is 12.1 Å². The molecule has 0 bridgehead atoms. The highest BCUT2D eigenvalue weighted by molar-refractivity contribution is 6.32. The van der Waals surface area contributed by atoms with Crippen molar-refractivity contribution in [2.75, 3.05) is 26.2 Å². The Morgan fingerprint density at radius 2 is 1.65 bits per heavy atom. The Balaban J connectivity index is 2.52. The second-order valence-corrected chi connectivity index (χ2v) is 4.62. The molecule has 0 fully saturated rings. The molecule has 0 spiro atoms. The van der Waals surface area contributed by atoms with Gasteiger partial charge in [0, 0.05) is 11.6 Å². The number of likely N-dealkylation sites (N-methyl/N-ethyl adjacent to an activating group) is 1. The first kappa shape index (κ1) is 14.3. The molecular formula is C14H22ClNO. The number of ether oxygens (including phenoxy) is 1. The minimum atomic E-state index is 0.724. The smallest absolute Gasteiger partial charge is 0.119 e. The fourth-order valence-corrected chi connectivity index (χ4v) is 1.93. The summed E-state index contributed by atoms with van der Waals surface area (Å²) >= 11 is 6.12. The van der Waals surface area contributed by atoms with E-state index in [2.05, 4.69) is 18.7 Å². The number of benzene rings is 1. The molecule has 0 saturated heterocycles. The van der Waals surface area contributed by atoms with Gasteiger partial charge in [0.2, 0.25) is 0 Å². The standard InChI is InChI=1S/C14H22ClNO/c1-5-16(6-2)7-8-17-13-9-11(3)14(15)12(4)10-13/h9-10H,5-8H2,1-4H3. The van der Waals surface area contributed by atoms with E-state index in [0.717, 1.165) is 48.1 Å². The van der Waals surface area contributed by atoms with Gasteiger partial charge in [-0.15, -0.1) is 0 Å². The highest BCUT2D eigenvalue weighted by Gasteiger charge is 2.04. The molecule has 0 radical (unpaired) electrons. The number of nitrogens with zero attached hydrogens (tertiary/aromatic N) is 1. The van der Waals surface area contributed by atoms with E-state index in [1.165, 1.54) is 0 Å². The number of hydrogen-bond donors (Lipinski definition) is 0. The molecule has 0 atom stereocenters. The second kappa shape index (κ2) is 6.87. The molecule has 0 saturated carbocycles. The summed E-state index contributed by atoms with van der Waals surface area (Å²) in [5.74, 6) is 0.913. The molecule has 1 rings (SSSR count). The van der Waals surface area contributed by atoms with Crippen LogP contribution in [0.5, 0.6) is 5.75 Å². The van der Waals surface area contributed by atoms with Crippen LogP contribution >= 0.6 is 11.6 Å². The Morgan fingerprint density at radius 1 is 1.12 bits per heavy atom. The average molecular weight is 256 g/mol. The molecule has 0 aliphatic rings. The van der Waals surface area contributed by atoms with Crippen LogP contribution in [0.3, 0.4) is 0 Å². The van der Waals surface area contributed by atoms with Crippen LogP contribution in [-0.4, -0.2) is 31.1 Å². The maximum Gasteiger partial charge on any atom is 0.119 e. The predicted molar refractivity (Wildman–Crippen MR) is 74.2 cm³/mol. The molecule has 3 heteroatoms. The van der Waals surface area contributed by atoms with E-state index in [0.29, 0.717) is 0 Å². The van der Waals surface area contributed by atoms with Gasteiger partial charge >= 0.3 is 0 Å². The van der Waals surface area contributed by atoms with E-state index in [9.17, 15) is 0 Å². The normalized spacial score (nSPS) is 10.9. The summed E-state index contributed by atoms with van der Waals surface area (Å²) in [6, 6.07) is 4.00. The molecule has 1 aromatic carbocycles. The van der Waals surface area contributed by atoms with Crippen LogP contribution in [0.1, 0.15) is 25.0 Å². The molecule has 0 aliphatic carbocycles. The lowest BCUT2D eigenvalue weighted by atomic mass is 10.1. The molecule has 0 heterocycles. The Bertz CT molecular complexity index is 338. The van der Waals surface area contributed by atoms with E-state index in [1.54, 1.807) is 0 Å². The van der Waals surface area contributed by atoms with E-state index in [-0.39, 0.29) is 0 Å². The minimum Gasteiger partial charge on any atom is -0.492 e. The van der Waals surface area contributed by atoms with Gasteiger partial charge in [0.15, 0.2) is 0 Å². The summed E-state index contributed by atoms with van der Waals surface area (Å²) in [5.41, 5.74) is 2.15. The zero-order valence-corrected chi connectivity index (χ0v) is 12.0. The number of rotatable bonds is 6. The molecular weight excluding hydrogens is 234 g/mol. The Morgan fingerprint density at radius 3 is 2.12 bits per heavy atom. The molecule has 0 amide bonds. The van der Waals surface area contributed by atoms with Gasteiger partial charge in [-0.2, -0.15) is 0 Å². The van der Waals surface area contributed by atoms with Crippen molar-refractivity contribution >= 4 is 11.6 Å². The topological polar surface area (TPSA) is 12.5 Å². The first-order chi connectivity index (χ1) is 8.08. The largest absolute Gasteiger partial charge is 0.492 e. The second-order valence-electron chi connectivity index (χ2n) is 4.25. The van der Waals surface area contributed by atoms with Gasteiger partial charge in [-0.25, -0.2) is 0 Å². The zero-order chi connectivity index (χ0) is 12.8. The van der Waals surface area contributed by atoms with Crippen molar-refractivity contribution in [3.05, 3.63) is 28.3 Å². The van der Waals surface area contributed by atoms with Crippen molar-refractivity contribution in [2.45, 2.75) is 27.7 Å². The van der Waals surface area contributed by atoms with Gasteiger partial charge in [-0.3, -0.25) is 0 Å². The molecule has 0 aromatic heterocycles. The highest BCUT2D eigenvalue weighted by atomic mass is 35.5. The van der Waals surface area contributed by atoms with Crippen molar-refractivity contribution in [1.29, 1.82) is 0 Å². The summed E-state index contributed by atoms with van der Waals surface area (Å²) < 4.78 is 5.76. The molecule has 96 valence electrons. The summed E-state index contributed by atoms with van der Waals surface area (Å²) in [6.07, 6.45) is 0. The monoisotopic (exact) mass is 255 g/mol. The van der Waals surface area contributed by atoms with Crippen molar-refractivity contribution < 1.29 is 4.74 Å². The third-order valence-electron chi connectivity index (χ3n) is 2.98. The van der Waals surface area contributed by atoms with Gasteiger partial charge in [0.1, 0.15) is 12.4 Å².